The van der Waals surface area contributed by atoms with Crippen LogP contribution >= 0.6 is 12.4 Å². The molecule has 6 nitrogen and oxygen atoms in total. The molecule has 24 heavy (non-hydrogen) atoms. The van der Waals surface area contributed by atoms with E-state index in [2.05, 4.69) is 15.4 Å². The summed E-state index contributed by atoms with van der Waals surface area (Å²) in [5.74, 6) is 0.382. The number of hydrogen-bond donors (Lipinski definition) is 2. The van der Waals surface area contributed by atoms with Crippen LogP contribution in [0.15, 0.2) is 24.3 Å². The van der Waals surface area contributed by atoms with E-state index in [0.717, 1.165) is 38.0 Å². The number of carbonyl (C=O) groups excluding carboxylic acids is 2. The van der Waals surface area contributed by atoms with Crippen molar-refractivity contribution in [2.24, 2.45) is 11.3 Å². The minimum absolute atomic E-state index is 0. The number of esters is 1. The summed E-state index contributed by atoms with van der Waals surface area (Å²) in [4.78, 5) is 23.4. The molecule has 1 amide bonds. The van der Waals surface area contributed by atoms with Gasteiger partial charge in [0.1, 0.15) is 5.75 Å². The topological polar surface area (TPSA) is 76.7 Å². The number of piperidine rings is 1. The standard InChI is InChI=1S/C17H22N2O4.ClH/c1-22-15(20)11-23-13-4-2-12(3-5-13)19-16(21)14-10-17(14)6-8-18-9-7-17;/h2-5,14,18H,6-11H2,1H3,(H,19,21);1H. The Morgan fingerprint density at radius 1 is 1.25 bits per heavy atom. The molecule has 0 aromatic heterocycles. The maximum Gasteiger partial charge on any atom is 0.343 e. The van der Waals surface area contributed by atoms with Gasteiger partial charge in [0.15, 0.2) is 6.61 Å². The number of anilines is 1. The van der Waals surface area contributed by atoms with Gasteiger partial charge in [-0.2, -0.15) is 0 Å². The molecule has 0 bridgehead atoms. The summed E-state index contributed by atoms with van der Waals surface area (Å²) >= 11 is 0. The number of benzene rings is 1. The molecule has 1 heterocycles. The van der Waals surface area contributed by atoms with Crippen LogP contribution in [0.1, 0.15) is 19.3 Å². The molecular weight excluding hydrogens is 332 g/mol. The maximum atomic E-state index is 12.4. The van der Waals surface area contributed by atoms with Gasteiger partial charge in [-0.05, 0) is 62.0 Å². The number of nitrogens with one attached hydrogen (secondary N) is 2. The third kappa shape index (κ3) is 4.19. The Balaban J connectivity index is 0.00000208. The summed E-state index contributed by atoms with van der Waals surface area (Å²) < 4.78 is 9.79. The molecule has 1 saturated carbocycles. The number of amides is 1. The molecule has 1 atom stereocenters. The minimum atomic E-state index is -0.427. The van der Waals surface area contributed by atoms with Gasteiger partial charge in [0.2, 0.25) is 5.91 Å². The summed E-state index contributed by atoms with van der Waals surface area (Å²) in [6.07, 6.45) is 3.18. The van der Waals surface area contributed by atoms with Gasteiger partial charge in [0, 0.05) is 11.6 Å². The van der Waals surface area contributed by atoms with Crippen LogP contribution in [-0.4, -0.2) is 38.7 Å². The van der Waals surface area contributed by atoms with E-state index in [4.69, 9.17) is 4.74 Å². The summed E-state index contributed by atoms with van der Waals surface area (Å²) in [5.41, 5.74) is 0.982. The number of rotatable bonds is 5. The van der Waals surface area contributed by atoms with Gasteiger partial charge < -0.3 is 20.1 Å². The highest BCUT2D eigenvalue weighted by atomic mass is 35.5. The van der Waals surface area contributed by atoms with Crippen LogP contribution in [0.2, 0.25) is 0 Å². The normalized spacial score (nSPS) is 20.6. The zero-order valence-corrected chi connectivity index (χ0v) is 14.5. The second-order valence-corrected chi connectivity index (χ2v) is 6.25. The quantitative estimate of drug-likeness (QED) is 0.791. The van der Waals surface area contributed by atoms with Gasteiger partial charge in [-0.25, -0.2) is 4.79 Å². The van der Waals surface area contributed by atoms with Crippen molar-refractivity contribution in [3.05, 3.63) is 24.3 Å². The van der Waals surface area contributed by atoms with E-state index in [1.54, 1.807) is 24.3 Å². The molecule has 1 aromatic rings. The molecule has 0 radical (unpaired) electrons. The van der Waals surface area contributed by atoms with Crippen LogP contribution < -0.4 is 15.4 Å². The minimum Gasteiger partial charge on any atom is -0.482 e. The highest BCUT2D eigenvalue weighted by Crippen LogP contribution is 2.58. The van der Waals surface area contributed by atoms with Crippen molar-refractivity contribution < 1.29 is 19.1 Å². The number of ether oxygens (including phenoxy) is 2. The Morgan fingerprint density at radius 2 is 1.92 bits per heavy atom. The van der Waals surface area contributed by atoms with E-state index in [9.17, 15) is 9.59 Å². The molecule has 1 spiro atoms. The van der Waals surface area contributed by atoms with E-state index >= 15 is 0 Å². The second kappa shape index (κ2) is 7.85. The van der Waals surface area contributed by atoms with Crippen molar-refractivity contribution in [2.75, 3.05) is 32.1 Å². The van der Waals surface area contributed by atoms with Crippen molar-refractivity contribution in [2.45, 2.75) is 19.3 Å². The fraction of sp³-hybridized carbons (Fsp3) is 0.529. The molecule has 7 heteroatoms. The molecule has 1 saturated heterocycles. The molecule has 132 valence electrons. The van der Waals surface area contributed by atoms with Gasteiger partial charge in [-0.1, -0.05) is 0 Å². The highest BCUT2D eigenvalue weighted by molar-refractivity contribution is 5.95. The zero-order valence-electron chi connectivity index (χ0n) is 13.7. The van der Waals surface area contributed by atoms with Crippen LogP contribution in [0.25, 0.3) is 0 Å². The van der Waals surface area contributed by atoms with Gasteiger partial charge in [0.25, 0.3) is 0 Å². The Labute approximate surface area is 147 Å². The molecule has 1 unspecified atom stereocenters. The van der Waals surface area contributed by atoms with Crippen molar-refractivity contribution in [3.63, 3.8) is 0 Å². The lowest BCUT2D eigenvalue weighted by molar-refractivity contribution is -0.142. The zero-order chi connectivity index (χ0) is 16.3. The maximum absolute atomic E-state index is 12.4. The Kier molecular flexibility index (Phi) is 6.07. The predicted octanol–water partition coefficient (Wildman–Crippen LogP) is 1.99. The third-order valence-electron chi connectivity index (χ3n) is 4.81. The average molecular weight is 355 g/mol. The molecule has 3 rings (SSSR count). The van der Waals surface area contributed by atoms with Gasteiger partial charge in [-0.15, -0.1) is 12.4 Å². The van der Waals surface area contributed by atoms with Crippen LogP contribution in [0.5, 0.6) is 5.75 Å². The second-order valence-electron chi connectivity index (χ2n) is 6.25. The Hall–Kier alpha value is -1.79. The van der Waals surface area contributed by atoms with Crippen LogP contribution in [0.4, 0.5) is 5.69 Å². The van der Waals surface area contributed by atoms with Crippen molar-refractivity contribution >= 4 is 30.0 Å². The summed E-state index contributed by atoms with van der Waals surface area (Å²) in [6, 6.07) is 7.02. The predicted molar refractivity (Wildman–Crippen MR) is 92.5 cm³/mol. The number of carbonyl (C=O) groups is 2. The molecular formula is C17H23ClN2O4. The molecule has 1 aliphatic carbocycles. The molecule has 2 fully saturated rings. The van der Waals surface area contributed by atoms with Gasteiger partial charge >= 0.3 is 5.97 Å². The highest BCUT2D eigenvalue weighted by Gasteiger charge is 2.57. The summed E-state index contributed by atoms with van der Waals surface area (Å²) in [6.45, 7) is 1.90. The first-order valence-corrected chi connectivity index (χ1v) is 7.94. The molecule has 2 aliphatic rings. The largest absolute Gasteiger partial charge is 0.482 e. The van der Waals surface area contributed by atoms with Crippen molar-refractivity contribution in [1.29, 1.82) is 0 Å². The Morgan fingerprint density at radius 3 is 2.54 bits per heavy atom. The van der Waals surface area contributed by atoms with E-state index in [0.29, 0.717) is 5.75 Å². The fourth-order valence-corrected chi connectivity index (χ4v) is 3.26. The van der Waals surface area contributed by atoms with E-state index in [1.807, 2.05) is 0 Å². The van der Waals surface area contributed by atoms with E-state index in [1.165, 1.54) is 7.11 Å². The first kappa shape index (κ1) is 18.5. The van der Waals surface area contributed by atoms with E-state index in [-0.39, 0.29) is 36.3 Å². The number of halogens is 1. The smallest absolute Gasteiger partial charge is 0.343 e. The van der Waals surface area contributed by atoms with Gasteiger partial charge in [-0.3, -0.25) is 4.79 Å². The number of methoxy groups -OCH3 is 1. The Bertz CT molecular complexity index is 585. The fourth-order valence-electron chi connectivity index (χ4n) is 3.26. The molecule has 1 aliphatic heterocycles. The number of hydrogen-bond acceptors (Lipinski definition) is 5. The van der Waals surface area contributed by atoms with Gasteiger partial charge in [0.05, 0.1) is 7.11 Å². The molecule has 2 N–H and O–H groups in total. The lowest BCUT2D eigenvalue weighted by Crippen LogP contribution is -2.31. The lowest BCUT2D eigenvalue weighted by Gasteiger charge is -2.23. The first-order chi connectivity index (χ1) is 11.1. The molecule has 1 aromatic carbocycles. The summed E-state index contributed by atoms with van der Waals surface area (Å²) in [5, 5.41) is 6.31. The monoisotopic (exact) mass is 354 g/mol. The van der Waals surface area contributed by atoms with E-state index < -0.39 is 5.97 Å². The lowest BCUT2D eigenvalue weighted by atomic mass is 9.92. The van der Waals surface area contributed by atoms with Crippen LogP contribution in [0, 0.1) is 11.3 Å². The van der Waals surface area contributed by atoms with Crippen LogP contribution in [0.3, 0.4) is 0 Å². The van der Waals surface area contributed by atoms with Crippen LogP contribution in [-0.2, 0) is 14.3 Å². The SMILES string of the molecule is COC(=O)COc1ccc(NC(=O)C2CC23CCNCC3)cc1.Cl. The third-order valence-corrected chi connectivity index (χ3v) is 4.81. The average Bonchev–Trinajstić information content (AvgIpc) is 3.27. The summed E-state index contributed by atoms with van der Waals surface area (Å²) in [7, 11) is 1.32. The first-order valence-electron chi connectivity index (χ1n) is 7.94. The van der Waals surface area contributed by atoms with Crippen molar-refractivity contribution in [3.8, 4) is 5.75 Å². The van der Waals surface area contributed by atoms with Crippen molar-refractivity contribution in [1.82, 2.24) is 5.32 Å².